The van der Waals surface area contributed by atoms with Crippen molar-refractivity contribution in [2.24, 2.45) is 5.73 Å². The summed E-state index contributed by atoms with van der Waals surface area (Å²) >= 11 is 0. The van der Waals surface area contributed by atoms with Crippen LogP contribution >= 0.6 is 0 Å². The molecule has 0 bridgehead atoms. The molecule has 3 amide bonds. The Hall–Kier alpha value is -2.91. The smallest absolute Gasteiger partial charge is 0.408 e. The molecule has 158 valence electrons. The topological polar surface area (TPSA) is 124 Å². The Balaban J connectivity index is 1.76. The molecule has 9 nitrogen and oxygen atoms in total. The van der Waals surface area contributed by atoms with Gasteiger partial charge in [-0.05, 0) is 46.5 Å². The molecule has 0 unspecified atom stereocenters. The van der Waals surface area contributed by atoms with E-state index in [1.165, 1.54) is 11.0 Å². The molecular formula is C19H25FN4O5. The lowest BCUT2D eigenvalue weighted by atomic mass is 9.78. The van der Waals surface area contributed by atoms with Crippen molar-refractivity contribution in [1.29, 1.82) is 0 Å². The van der Waals surface area contributed by atoms with Gasteiger partial charge in [0, 0.05) is 12.1 Å². The van der Waals surface area contributed by atoms with Gasteiger partial charge in [-0.3, -0.25) is 9.59 Å². The van der Waals surface area contributed by atoms with Crippen LogP contribution in [0.1, 0.15) is 46.5 Å². The van der Waals surface area contributed by atoms with Gasteiger partial charge < -0.3 is 25.4 Å². The van der Waals surface area contributed by atoms with Gasteiger partial charge >= 0.3 is 6.09 Å². The van der Waals surface area contributed by atoms with Gasteiger partial charge in [-0.1, -0.05) is 0 Å². The molecule has 0 aromatic carbocycles. The predicted molar refractivity (Wildman–Crippen MR) is 101 cm³/mol. The highest BCUT2D eigenvalue weighted by atomic mass is 19.1. The van der Waals surface area contributed by atoms with E-state index in [-0.39, 0.29) is 43.0 Å². The maximum Gasteiger partial charge on any atom is 0.408 e. The summed E-state index contributed by atoms with van der Waals surface area (Å²) in [6.45, 7) is 4.96. The van der Waals surface area contributed by atoms with E-state index < -0.39 is 29.0 Å². The van der Waals surface area contributed by atoms with E-state index in [1.54, 1.807) is 20.8 Å². The highest BCUT2D eigenvalue weighted by Gasteiger charge is 2.45. The number of aromatic nitrogens is 1. The van der Waals surface area contributed by atoms with Gasteiger partial charge in [0.25, 0.3) is 5.91 Å². The first-order chi connectivity index (χ1) is 13.5. The lowest BCUT2D eigenvalue weighted by Crippen LogP contribution is -2.61. The molecule has 1 aromatic heterocycles. The van der Waals surface area contributed by atoms with Crippen LogP contribution in [0, 0.1) is 5.82 Å². The number of alkyl carbamates (subject to hydrolysis) is 1. The SMILES string of the molecule is CC(C)(C)OC(=O)N[C@]1(C(N)=O)CC[C@@H](N2C(=O)COc3ncc(F)cc32)CC1. The van der Waals surface area contributed by atoms with Crippen LogP contribution in [-0.2, 0) is 14.3 Å². The zero-order valence-electron chi connectivity index (χ0n) is 16.7. The van der Waals surface area contributed by atoms with Gasteiger partial charge in [0.1, 0.15) is 22.6 Å². The fraction of sp³-hybridized carbons (Fsp3) is 0.579. The standard InChI is InChI=1S/C19H25FN4O5/c1-18(2,3)29-17(27)23-19(16(21)26)6-4-12(5-7-19)24-13-8-11(20)9-22-15(13)28-10-14(24)25/h8-9,12H,4-7,10H2,1-3H3,(H2,21,26)(H,23,27)/t12-,19-. The number of primary amides is 1. The second kappa shape index (κ2) is 7.49. The lowest BCUT2D eigenvalue weighted by molar-refractivity contribution is -0.126. The highest BCUT2D eigenvalue weighted by molar-refractivity contribution is 5.98. The molecule has 0 spiro atoms. The Morgan fingerprint density at radius 1 is 1.38 bits per heavy atom. The highest BCUT2D eigenvalue weighted by Crippen LogP contribution is 2.38. The summed E-state index contributed by atoms with van der Waals surface area (Å²) in [6.07, 6.45) is 1.48. The Bertz CT molecular complexity index is 830. The minimum Gasteiger partial charge on any atom is -0.466 e. The average molecular weight is 408 g/mol. The normalized spacial score (nSPS) is 24.3. The largest absolute Gasteiger partial charge is 0.466 e. The molecule has 1 saturated carbocycles. The Morgan fingerprint density at radius 3 is 2.62 bits per heavy atom. The third-order valence-corrected chi connectivity index (χ3v) is 5.05. The maximum atomic E-state index is 13.7. The second-order valence-electron chi connectivity index (χ2n) is 8.33. The van der Waals surface area contributed by atoms with E-state index >= 15 is 0 Å². The molecule has 3 rings (SSSR count). The van der Waals surface area contributed by atoms with E-state index in [2.05, 4.69) is 10.3 Å². The van der Waals surface area contributed by atoms with Crippen LogP contribution in [0.15, 0.2) is 12.3 Å². The fourth-order valence-electron chi connectivity index (χ4n) is 3.72. The molecule has 1 aliphatic heterocycles. The molecule has 29 heavy (non-hydrogen) atoms. The molecule has 1 fully saturated rings. The first kappa shape index (κ1) is 20.8. The van der Waals surface area contributed by atoms with Crippen LogP contribution in [0.2, 0.25) is 0 Å². The number of rotatable bonds is 3. The number of anilines is 1. The first-order valence-corrected chi connectivity index (χ1v) is 9.42. The number of carbonyl (C=O) groups excluding carboxylic acids is 3. The number of ether oxygens (including phenoxy) is 2. The number of nitrogens with two attached hydrogens (primary N) is 1. The van der Waals surface area contributed by atoms with Crippen LogP contribution in [-0.4, -0.2) is 46.7 Å². The zero-order valence-corrected chi connectivity index (χ0v) is 16.7. The van der Waals surface area contributed by atoms with Crippen molar-refractivity contribution in [3.63, 3.8) is 0 Å². The third-order valence-electron chi connectivity index (χ3n) is 5.05. The average Bonchev–Trinajstić information content (AvgIpc) is 2.60. The number of halogens is 1. The summed E-state index contributed by atoms with van der Waals surface area (Å²) in [5, 5.41) is 2.62. The monoisotopic (exact) mass is 408 g/mol. The number of fused-ring (bicyclic) bond motifs is 1. The fourth-order valence-corrected chi connectivity index (χ4v) is 3.72. The zero-order chi connectivity index (χ0) is 21.4. The minimum atomic E-state index is -1.27. The second-order valence-corrected chi connectivity index (χ2v) is 8.33. The molecular weight excluding hydrogens is 383 g/mol. The van der Waals surface area contributed by atoms with Crippen molar-refractivity contribution < 1.29 is 28.2 Å². The van der Waals surface area contributed by atoms with E-state index in [0.29, 0.717) is 12.8 Å². The van der Waals surface area contributed by atoms with E-state index in [0.717, 1.165) is 6.20 Å². The molecule has 3 N–H and O–H groups in total. The number of carbonyl (C=O) groups is 3. The number of nitrogens with zero attached hydrogens (tertiary/aromatic N) is 2. The summed E-state index contributed by atoms with van der Waals surface area (Å²) in [5.74, 6) is -1.38. The van der Waals surface area contributed by atoms with E-state index in [4.69, 9.17) is 15.2 Å². The molecule has 1 aromatic rings. The summed E-state index contributed by atoms with van der Waals surface area (Å²) in [7, 11) is 0. The Labute approximate surface area is 167 Å². The molecule has 0 radical (unpaired) electrons. The van der Waals surface area contributed by atoms with Gasteiger partial charge in [-0.2, -0.15) is 0 Å². The van der Waals surface area contributed by atoms with Gasteiger partial charge in [0.2, 0.25) is 11.8 Å². The number of hydrogen-bond acceptors (Lipinski definition) is 6. The summed E-state index contributed by atoms with van der Waals surface area (Å²) < 4.78 is 24.2. The molecule has 0 atom stereocenters. The Morgan fingerprint density at radius 2 is 2.03 bits per heavy atom. The van der Waals surface area contributed by atoms with Gasteiger partial charge in [-0.15, -0.1) is 0 Å². The predicted octanol–water partition coefficient (Wildman–Crippen LogP) is 1.64. The van der Waals surface area contributed by atoms with Gasteiger partial charge in [0.15, 0.2) is 6.61 Å². The van der Waals surface area contributed by atoms with Crippen LogP contribution in [0.25, 0.3) is 0 Å². The van der Waals surface area contributed by atoms with Crippen molar-refractivity contribution in [2.75, 3.05) is 11.5 Å². The third kappa shape index (κ3) is 4.41. The van der Waals surface area contributed by atoms with E-state index in [1.807, 2.05) is 0 Å². The van der Waals surface area contributed by atoms with Gasteiger partial charge in [-0.25, -0.2) is 14.2 Å². The van der Waals surface area contributed by atoms with Crippen molar-refractivity contribution in [3.8, 4) is 5.88 Å². The van der Waals surface area contributed by atoms with E-state index in [9.17, 15) is 18.8 Å². The van der Waals surface area contributed by atoms with Crippen LogP contribution in [0.4, 0.5) is 14.9 Å². The quantitative estimate of drug-likeness (QED) is 0.784. The first-order valence-electron chi connectivity index (χ1n) is 9.42. The van der Waals surface area contributed by atoms with Crippen molar-refractivity contribution >= 4 is 23.6 Å². The van der Waals surface area contributed by atoms with Gasteiger partial charge in [0.05, 0.1) is 6.20 Å². The lowest BCUT2D eigenvalue weighted by Gasteiger charge is -2.43. The number of amides is 3. The molecule has 10 heteroatoms. The van der Waals surface area contributed by atoms with Crippen molar-refractivity contribution in [1.82, 2.24) is 10.3 Å². The number of pyridine rings is 1. The van der Waals surface area contributed by atoms with Crippen LogP contribution in [0.3, 0.4) is 0 Å². The van der Waals surface area contributed by atoms with Crippen molar-refractivity contribution in [3.05, 3.63) is 18.1 Å². The maximum absolute atomic E-state index is 13.7. The van der Waals surface area contributed by atoms with Crippen LogP contribution in [0.5, 0.6) is 5.88 Å². The number of nitrogens with one attached hydrogen (secondary N) is 1. The molecule has 2 aliphatic rings. The molecule has 2 heterocycles. The van der Waals surface area contributed by atoms with Crippen molar-refractivity contribution in [2.45, 2.75) is 63.6 Å². The molecule has 1 aliphatic carbocycles. The summed E-state index contributed by atoms with van der Waals surface area (Å²) in [4.78, 5) is 42.2. The Kier molecular flexibility index (Phi) is 5.38. The summed E-state index contributed by atoms with van der Waals surface area (Å²) in [5.41, 5.74) is 3.87. The minimum absolute atomic E-state index is 0.185. The molecule has 0 saturated heterocycles. The van der Waals surface area contributed by atoms with Crippen LogP contribution < -0.4 is 20.7 Å². The number of hydrogen-bond donors (Lipinski definition) is 2. The summed E-state index contributed by atoms with van der Waals surface area (Å²) in [6, 6.07) is 0.899.